The molecular formula is C11H18OS. The summed E-state index contributed by atoms with van der Waals surface area (Å²) in [6.45, 7) is 5.66. The van der Waals surface area contributed by atoms with Crippen molar-refractivity contribution >= 4 is 17.5 Å². The van der Waals surface area contributed by atoms with E-state index in [9.17, 15) is 4.79 Å². The molecule has 1 aliphatic rings. The van der Waals surface area contributed by atoms with Gasteiger partial charge in [0, 0.05) is 11.7 Å². The number of thioether (sulfide) groups is 1. The van der Waals surface area contributed by atoms with Gasteiger partial charge in [0.15, 0.2) is 0 Å². The summed E-state index contributed by atoms with van der Waals surface area (Å²) in [7, 11) is 0. The lowest BCUT2D eigenvalue weighted by Gasteiger charge is -2.07. The predicted molar refractivity (Wildman–Crippen MR) is 59.2 cm³/mol. The average molecular weight is 198 g/mol. The molecule has 0 atom stereocenters. The van der Waals surface area contributed by atoms with Crippen molar-refractivity contribution in [2.75, 3.05) is 5.75 Å². The molecule has 0 spiro atoms. The Morgan fingerprint density at radius 1 is 1.46 bits per heavy atom. The predicted octanol–water partition coefficient (Wildman–Crippen LogP) is 3.20. The third kappa shape index (κ3) is 4.51. The van der Waals surface area contributed by atoms with E-state index in [-0.39, 0.29) is 0 Å². The van der Waals surface area contributed by atoms with E-state index in [0.29, 0.717) is 18.0 Å². The van der Waals surface area contributed by atoms with Gasteiger partial charge in [0.05, 0.1) is 5.75 Å². The first-order valence-corrected chi connectivity index (χ1v) is 6.01. The van der Waals surface area contributed by atoms with E-state index in [2.05, 4.69) is 6.58 Å². The lowest BCUT2D eigenvalue weighted by atomic mass is 10.2. The zero-order chi connectivity index (χ0) is 9.68. The highest BCUT2D eigenvalue weighted by molar-refractivity contribution is 8.00. The van der Waals surface area contributed by atoms with Crippen LogP contribution in [0.4, 0.5) is 0 Å². The average Bonchev–Trinajstić information content (AvgIpc) is 2.51. The number of carbonyl (C=O) groups is 1. The summed E-state index contributed by atoms with van der Waals surface area (Å²) in [6, 6.07) is 0. The maximum Gasteiger partial charge on any atom is 0.146 e. The molecular weight excluding hydrogens is 180 g/mol. The summed E-state index contributed by atoms with van der Waals surface area (Å²) < 4.78 is 0. The molecule has 2 heteroatoms. The van der Waals surface area contributed by atoms with Crippen LogP contribution in [0.5, 0.6) is 0 Å². The van der Waals surface area contributed by atoms with Crippen LogP contribution in [0.3, 0.4) is 0 Å². The van der Waals surface area contributed by atoms with Crippen molar-refractivity contribution in [3.8, 4) is 0 Å². The summed E-state index contributed by atoms with van der Waals surface area (Å²) in [6.07, 6.45) is 5.90. The first kappa shape index (κ1) is 10.8. The molecule has 1 fully saturated rings. The van der Waals surface area contributed by atoms with Gasteiger partial charge in [-0.15, -0.1) is 0 Å². The molecule has 0 amide bonds. The largest absolute Gasteiger partial charge is 0.298 e. The van der Waals surface area contributed by atoms with E-state index in [1.807, 2.05) is 18.7 Å². The minimum Gasteiger partial charge on any atom is -0.298 e. The zero-order valence-electron chi connectivity index (χ0n) is 8.34. The van der Waals surface area contributed by atoms with Crippen LogP contribution in [0.1, 0.15) is 39.0 Å². The fourth-order valence-electron chi connectivity index (χ4n) is 1.65. The minimum atomic E-state index is 0.337. The van der Waals surface area contributed by atoms with Crippen molar-refractivity contribution in [3.63, 3.8) is 0 Å². The molecule has 13 heavy (non-hydrogen) atoms. The minimum absolute atomic E-state index is 0.337. The van der Waals surface area contributed by atoms with Gasteiger partial charge in [0.25, 0.3) is 0 Å². The van der Waals surface area contributed by atoms with Crippen LogP contribution in [-0.4, -0.2) is 16.8 Å². The smallest absolute Gasteiger partial charge is 0.146 e. The van der Waals surface area contributed by atoms with Crippen LogP contribution in [0.15, 0.2) is 12.2 Å². The quantitative estimate of drug-likeness (QED) is 0.631. The number of allylic oxidation sites excluding steroid dienone is 1. The molecule has 0 unspecified atom stereocenters. The summed E-state index contributed by atoms with van der Waals surface area (Å²) in [5.74, 6) is 1.03. The van der Waals surface area contributed by atoms with E-state index >= 15 is 0 Å². The van der Waals surface area contributed by atoms with Crippen molar-refractivity contribution in [1.29, 1.82) is 0 Å². The number of Topliss-reactive ketones (excluding diaryl/α,β-unsaturated/α-hetero) is 1. The maximum atomic E-state index is 11.3. The van der Waals surface area contributed by atoms with Gasteiger partial charge in [0.2, 0.25) is 0 Å². The Morgan fingerprint density at radius 2 is 2.08 bits per heavy atom. The summed E-state index contributed by atoms with van der Waals surface area (Å²) in [5.41, 5.74) is 0.983. The number of hydrogen-bond donors (Lipinski definition) is 0. The van der Waals surface area contributed by atoms with Gasteiger partial charge in [0.1, 0.15) is 5.78 Å². The van der Waals surface area contributed by atoms with Gasteiger partial charge in [-0.2, -0.15) is 11.8 Å². The van der Waals surface area contributed by atoms with Gasteiger partial charge in [-0.3, -0.25) is 4.79 Å². The fraction of sp³-hybridized carbons (Fsp3) is 0.727. The van der Waals surface area contributed by atoms with Crippen LogP contribution in [0.2, 0.25) is 0 Å². The van der Waals surface area contributed by atoms with Gasteiger partial charge in [-0.1, -0.05) is 25.0 Å². The molecule has 74 valence electrons. The SMILES string of the molecule is C=C(C)CC(=O)CSC1CCCC1. The normalized spacial score (nSPS) is 17.6. The van der Waals surface area contributed by atoms with E-state index < -0.39 is 0 Å². The molecule has 0 N–H and O–H groups in total. The Bertz CT molecular complexity index is 192. The molecule has 0 heterocycles. The van der Waals surface area contributed by atoms with Gasteiger partial charge < -0.3 is 0 Å². The van der Waals surface area contributed by atoms with Gasteiger partial charge >= 0.3 is 0 Å². The van der Waals surface area contributed by atoms with Crippen LogP contribution < -0.4 is 0 Å². The van der Waals surface area contributed by atoms with Crippen molar-refractivity contribution in [3.05, 3.63) is 12.2 Å². The van der Waals surface area contributed by atoms with Gasteiger partial charge in [-0.25, -0.2) is 0 Å². The molecule has 0 aromatic rings. The van der Waals surface area contributed by atoms with Crippen LogP contribution in [0.25, 0.3) is 0 Å². The van der Waals surface area contributed by atoms with Gasteiger partial charge in [-0.05, 0) is 19.8 Å². The monoisotopic (exact) mass is 198 g/mol. The first-order chi connectivity index (χ1) is 6.18. The van der Waals surface area contributed by atoms with Crippen molar-refractivity contribution in [2.24, 2.45) is 0 Å². The maximum absolute atomic E-state index is 11.3. The molecule has 0 aromatic carbocycles. The van der Waals surface area contributed by atoms with Crippen LogP contribution in [0, 0.1) is 0 Å². The standard InChI is InChI=1S/C11H18OS/c1-9(2)7-10(12)8-13-11-5-3-4-6-11/h11H,1,3-8H2,2H3. The highest BCUT2D eigenvalue weighted by atomic mass is 32.2. The van der Waals surface area contributed by atoms with Crippen molar-refractivity contribution < 1.29 is 4.79 Å². The third-order valence-corrected chi connectivity index (χ3v) is 3.71. The van der Waals surface area contributed by atoms with Crippen molar-refractivity contribution in [2.45, 2.75) is 44.3 Å². The third-order valence-electron chi connectivity index (χ3n) is 2.28. The summed E-state index contributed by atoms with van der Waals surface area (Å²) in [4.78, 5) is 11.3. The number of carbonyl (C=O) groups excluding carboxylic acids is 1. The number of rotatable bonds is 5. The lowest BCUT2D eigenvalue weighted by Crippen LogP contribution is -2.05. The lowest BCUT2D eigenvalue weighted by molar-refractivity contribution is -0.115. The number of hydrogen-bond acceptors (Lipinski definition) is 2. The zero-order valence-corrected chi connectivity index (χ0v) is 9.16. The van der Waals surface area contributed by atoms with E-state index in [4.69, 9.17) is 0 Å². The second-order valence-electron chi connectivity index (χ2n) is 3.89. The van der Waals surface area contributed by atoms with E-state index in [1.165, 1.54) is 25.7 Å². The second-order valence-corrected chi connectivity index (χ2v) is 5.18. The second kappa shape index (κ2) is 5.48. The molecule has 0 bridgehead atoms. The molecule has 0 aliphatic heterocycles. The van der Waals surface area contributed by atoms with Crippen LogP contribution in [-0.2, 0) is 4.79 Å². The molecule has 1 saturated carbocycles. The molecule has 1 aliphatic carbocycles. The molecule has 0 saturated heterocycles. The molecule has 1 rings (SSSR count). The summed E-state index contributed by atoms with van der Waals surface area (Å²) in [5, 5.41) is 0.758. The highest BCUT2D eigenvalue weighted by Crippen LogP contribution is 2.29. The molecule has 0 aromatic heterocycles. The Morgan fingerprint density at radius 3 is 2.62 bits per heavy atom. The highest BCUT2D eigenvalue weighted by Gasteiger charge is 2.16. The fourth-order valence-corrected chi connectivity index (χ4v) is 2.84. The molecule has 0 radical (unpaired) electrons. The van der Waals surface area contributed by atoms with Crippen molar-refractivity contribution in [1.82, 2.24) is 0 Å². The topological polar surface area (TPSA) is 17.1 Å². The Labute approximate surface area is 85.0 Å². The Hall–Kier alpha value is -0.240. The first-order valence-electron chi connectivity index (χ1n) is 4.96. The Kier molecular flexibility index (Phi) is 4.57. The van der Waals surface area contributed by atoms with E-state index in [1.54, 1.807) is 0 Å². The Balaban J connectivity index is 2.10. The van der Waals surface area contributed by atoms with E-state index in [0.717, 1.165) is 10.8 Å². The van der Waals surface area contributed by atoms with Crippen LogP contribution >= 0.6 is 11.8 Å². The number of ketones is 1. The molecule has 1 nitrogen and oxygen atoms in total. The summed E-state index contributed by atoms with van der Waals surface area (Å²) >= 11 is 1.84.